The molecule has 1 aliphatic rings. The quantitative estimate of drug-likeness (QED) is 0.331. The molecule has 5 N–H and O–H groups in total. The van der Waals surface area contributed by atoms with E-state index in [1.54, 1.807) is 12.3 Å². The summed E-state index contributed by atoms with van der Waals surface area (Å²) in [6.07, 6.45) is 3.62. The van der Waals surface area contributed by atoms with E-state index in [1.165, 1.54) is 5.56 Å². The van der Waals surface area contributed by atoms with Crippen LogP contribution in [0, 0.1) is 0 Å². The average molecular weight is 468 g/mol. The summed E-state index contributed by atoms with van der Waals surface area (Å²) in [5.74, 6) is -0.0419. The number of nitrogens with two attached hydrogens (primary N) is 1. The maximum atomic E-state index is 12.0. The summed E-state index contributed by atoms with van der Waals surface area (Å²) in [5.41, 5.74) is 12.2. The van der Waals surface area contributed by atoms with E-state index in [4.69, 9.17) is 10.7 Å². The number of hydrogen-bond donors (Lipinski definition) is 4. The molecule has 5 rings (SSSR count). The first-order valence-corrected chi connectivity index (χ1v) is 10.3. The summed E-state index contributed by atoms with van der Waals surface area (Å²) in [6, 6.07) is 13.9. The minimum atomic E-state index is -0.513. The van der Waals surface area contributed by atoms with Gasteiger partial charge in [0.2, 0.25) is 0 Å². The second kappa shape index (κ2) is 8.30. The Morgan fingerprint density at radius 3 is 2.84 bits per heavy atom. The molecule has 8 heteroatoms. The molecule has 0 bridgehead atoms. The molecule has 0 fully saturated rings. The first kappa shape index (κ1) is 21.9. The van der Waals surface area contributed by atoms with Crippen LogP contribution in [0.4, 0.5) is 11.5 Å². The molecule has 0 unspecified atom stereocenters. The molecule has 32 heavy (non-hydrogen) atoms. The van der Waals surface area contributed by atoms with E-state index in [0.29, 0.717) is 17.9 Å². The van der Waals surface area contributed by atoms with Gasteiger partial charge in [0.05, 0.1) is 11.3 Å². The van der Waals surface area contributed by atoms with Crippen molar-refractivity contribution < 1.29 is 21.9 Å². The Bertz CT molecular complexity index is 1310. The van der Waals surface area contributed by atoms with Crippen LogP contribution in [0.2, 0.25) is 0 Å². The van der Waals surface area contributed by atoms with Crippen molar-refractivity contribution in [1.29, 1.82) is 0 Å². The first-order chi connectivity index (χ1) is 14.9. The molecule has 0 aliphatic carbocycles. The van der Waals surface area contributed by atoms with Gasteiger partial charge in [-0.3, -0.25) is 4.79 Å². The van der Waals surface area contributed by atoms with Crippen molar-refractivity contribution in [1.82, 2.24) is 15.0 Å². The number of hydrogen-bond acceptors (Lipinski definition) is 5. The third-order valence-corrected chi connectivity index (χ3v) is 5.92. The third kappa shape index (κ3) is 3.83. The fourth-order valence-corrected chi connectivity index (χ4v) is 4.16. The number of carbonyl (C=O) groups excluding carboxylic acids is 1. The Labute approximate surface area is 196 Å². The molecule has 4 aromatic rings. The SMILES string of the molecule is CC1(C)CNc2cc(-c3ccc(C(N)=O)c(NCc4ccnc5[nH]ccc45)n3)ccc21.[Fe]. The van der Waals surface area contributed by atoms with E-state index in [-0.39, 0.29) is 22.5 Å². The van der Waals surface area contributed by atoms with Crippen molar-refractivity contribution >= 4 is 28.4 Å². The van der Waals surface area contributed by atoms with Crippen LogP contribution in [0.1, 0.15) is 35.3 Å². The molecule has 164 valence electrons. The molecule has 0 atom stereocenters. The molecular weight excluding hydrogens is 444 g/mol. The van der Waals surface area contributed by atoms with Gasteiger partial charge >= 0.3 is 0 Å². The van der Waals surface area contributed by atoms with Crippen molar-refractivity contribution in [3.63, 3.8) is 0 Å². The Morgan fingerprint density at radius 1 is 1.19 bits per heavy atom. The number of aromatic amines is 1. The number of fused-ring (bicyclic) bond motifs is 2. The summed E-state index contributed by atoms with van der Waals surface area (Å²) < 4.78 is 0. The van der Waals surface area contributed by atoms with Crippen LogP contribution >= 0.6 is 0 Å². The number of carbonyl (C=O) groups is 1. The number of aromatic nitrogens is 3. The number of nitrogens with one attached hydrogen (secondary N) is 3. The molecule has 0 saturated carbocycles. The molecule has 7 nitrogen and oxygen atoms in total. The van der Waals surface area contributed by atoms with Crippen molar-refractivity contribution in [3.8, 4) is 11.3 Å². The average Bonchev–Trinajstić information content (AvgIpc) is 3.36. The molecule has 1 aromatic carbocycles. The number of H-pyrrole nitrogens is 1. The minimum Gasteiger partial charge on any atom is -0.384 e. The largest absolute Gasteiger partial charge is 0.384 e. The molecule has 0 saturated heterocycles. The van der Waals surface area contributed by atoms with Crippen molar-refractivity contribution in [2.75, 3.05) is 17.2 Å². The van der Waals surface area contributed by atoms with E-state index in [1.807, 2.05) is 24.4 Å². The van der Waals surface area contributed by atoms with Gasteiger partial charge in [-0.25, -0.2) is 9.97 Å². The number of primary amides is 1. The number of benzene rings is 1. The summed E-state index contributed by atoms with van der Waals surface area (Å²) in [7, 11) is 0. The molecular formula is C24H24FeN6O. The van der Waals surface area contributed by atoms with Gasteiger partial charge in [0, 0.05) is 64.6 Å². The topological polar surface area (TPSA) is 109 Å². The van der Waals surface area contributed by atoms with Crippen LogP contribution in [0.3, 0.4) is 0 Å². The Balaban J connectivity index is 0.00000245. The van der Waals surface area contributed by atoms with Gasteiger partial charge in [-0.15, -0.1) is 0 Å². The molecule has 1 amide bonds. The van der Waals surface area contributed by atoms with Crippen LogP contribution < -0.4 is 16.4 Å². The number of rotatable bonds is 5. The van der Waals surface area contributed by atoms with Crippen LogP contribution in [0.15, 0.2) is 54.9 Å². The fraction of sp³-hybridized carbons (Fsp3) is 0.208. The van der Waals surface area contributed by atoms with Crippen LogP contribution in [0.25, 0.3) is 22.3 Å². The van der Waals surface area contributed by atoms with Gasteiger partial charge in [0.1, 0.15) is 11.5 Å². The Morgan fingerprint density at radius 2 is 2.03 bits per heavy atom. The Kier molecular flexibility index (Phi) is 5.67. The van der Waals surface area contributed by atoms with Crippen LogP contribution in [-0.4, -0.2) is 27.4 Å². The zero-order valence-corrected chi connectivity index (χ0v) is 18.9. The van der Waals surface area contributed by atoms with E-state index in [0.717, 1.165) is 40.1 Å². The second-order valence-corrected chi connectivity index (χ2v) is 8.52. The fourth-order valence-electron chi connectivity index (χ4n) is 4.16. The minimum absolute atomic E-state index is 0. The molecule has 0 radical (unpaired) electrons. The normalized spacial score (nSPS) is 13.8. The van der Waals surface area contributed by atoms with Crippen molar-refractivity contribution in [3.05, 3.63) is 71.5 Å². The van der Waals surface area contributed by atoms with E-state index in [2.05, 4.69) is 52.6 Å². The summed E-state index contributed by atoms with van der Waals surface area (Å²) >= 11 is 0. The van der Waals surface area contributed by atoms with Gasteiger partial charge < -0.3 is 21.4 Å². The number of nitrogens with zero attached hydrogens (tertiary/aromatic N) is 2. The zero-order chi connectivity index (χ0) is 21.6. The molecule has 0 spiro atoms. The van der Waals surface area contributed by atoms with Gasteiger partial charge in [-0.1, -0.05) is 26.0 Å². The predicted octanol–water partition coefficient (Wildman–Crippen LogP) is 4.04. The molecule has 1 aliphatic heterocycles. The number of pyridine rings is 2. The van der Waals surface area contributed by atoms with Gasteiger partial charge in [-0.2, -0.15) is 0 Å². The summed E-state index contributed by atoms with van der Waals surface area (Å²) in [5, 5.41) is 7.81. The van der Waals surface area contributed by atoms with Gasteiger partial charge in [0.15, 0.2) is 0 Å². The zero-order valence-electron chi connectivity index (χ0n) is 17.8. The first-order valence-electron chi connectivity index (χ1n) is 10.3. The predicted molar refractivity (Wildman–Crippen MR) is 123 cm³/mol. The van der Waals surface area contributed by atoms with Crippen LogP contribution in [-0.2, 0) is 29.0 Å². The molecule has 4 heterocycles. The second-order valence-electron chi connectivity index (χ2n) is 8.52. The smallest absolute Gasteiger partial charge is 0.252 e. The monoisotopic (exact) mass is 468 g/mol. The van der Waals surface area contributed by atoms with Crippen molar-refractivity contribution in [2.45, 2.75) is 25.8 Å². The third-order valence-electron chi connectivity index (χ3n) is 5.92. The van der Waals surface area contributed by atoms with Gasteiger partial charge in [0.25, 0.3) is 5.91 Å². The van der Waals surface area contributed by atoms with E-state index >= 15 is 0 Å². The summed E-state index contributed by atoms with van der Waals surface area (Å²) in [4.78, 5) is 24.2. The van der Waals surface area contributed by atoms with Crippen molar-refractivity contribution in [2.24, 2.45) is 5.73 Å². The van der Waals surface area contributed by atoms with E-state index < -0.39 is 5.91 Å². The van der Waals surface area contributed by atoms with Gasteiger partial charge in [-0.05, 0) is 41.5 Å². The molecule has 3 aromatic heterocycles. The maximum absolute atomic E-state index is 12.0. The summed E-state index contributed by atoms with van der Waals surface area (Å²) in [6.45, 7) is 5.86. The number of amides is 1. The maximum Gasteiger partial charge on any atom is 0.252 e. The van der Waals surface area contributed by atoms with Crippen LogP contribution in [0.5, 0.6) is 0 Å². The van der Waals surface area contributed by atoms with E-state index in [9.17, 15) is 4.79 Å². The number of anilines is 2. The Hall–Kier alpha value is -3.35. The standard InChI is InChI=1S/C24H24N6O.Fe/c1-24(2)13-29-20-11-14(3-5-18(20)24)19-6-4-17(21(25)31)23(30-19)28-12-15-7-9-26-22-16(15)8-10-27-22;/h3-11,29H,12-13H2,1-2H3,(H2,25,31)(H,26,27)(H,28,30);.